The molecule has 3 nitrogen and oxygen atoms in total. The van der Waals surface area contributed by atoms with Gasteiger partial charge < -0.3 is 4.90 Å². The SMILES string of the molecule is O=C(c1sccc1Cl)N1CCN(Cc2ccccc2)CC1. The van der Waals surface area contributed by atoms with Gasteiger partial charge in [0.25, 0.3) is 5.91 Å². The molecule has 2 heterocycles. The number of carbonyl (C=O) groups is 1. The molecule has 1 aromatic heterocycles. The molecular formula is C16H17ClN2OS. The van der Waals surface area contributed by atoms with Crippen LogP contribution in [0.25, 0.3) is 0 Å². The maximum Gasteiger partial charge on any atom is 0.265 e. The van der Waals surface area contributed by atoms with Crippen molar-refractivity contribution in [3.63, 3.8) is 0 Å². The van der Waals surface area contributed by atoms with Gasteiger partial charge in [-0.3, -0.25) is 9.69 Å². The molecule has 0 bridgehead atoms. The molecule has 1 fully saturated rings. The Kier molecular flexibility index (Phi) is 4.58. The zero-order valence-electron chi connectivity index (χ0n) is 11.7. The van der Waals surface area contributed by atoms with Gasteiger partial charge in [-0.05, 0) is 17.0 Å². The predicted molar refractivity (Wildman–Crippen MR) is 87.0 cm³/mol. The number of nitrogens with zero attached hydrogens (tertiary/aromatic N) is 2. The minimum Gasteiger partial charge on any atom is -0.335 e. The summed E-state index contributed by atoms with van der Waals surface area (Å²) in [5.74, 6) is 0.0642. The first kappa shape index (κ1) is 14.6. The van der Waals surface area contributed by atoms with Crippen LogP contribution >= 0.6 is 22.9 Å². The molecule has 0 radical (unpaired) electrons. The lowest BCUT2D eigenvalue weighted by molar-refractivity contribution is 0.0633. The molecule has 1 aromatic carbocycles. The van der Waals surface area contributed by atoms with Crippen LogP contribution in [0, 0.1) is 0 Å². The van der Waals surface area contributed by atoms with Crippen LogP contribution in [0.15, 0.2) is 41.8 Å². The van der Waals surface area contributed by atoms with E-state index >= 15 is 0 Å². The van der Waals surface area contributed by atoms with E-state index in [2.05, 4.69) is 29.2 Å². The summed E-state index contributed by atoms with van der Waals surface area (Å²) in [6.45, 7) is 4.29. The lowest BCUT2D eigenvalue weighted by Crippen LogP contribution is -2.48. The highest BCUT2D eigenvalue weighted by Gasteiger charge is 2.24. The monoisotopic (exact) mass is 320 g/mol. The van der Waals surface area contributed by atoms with Crippen molar-refractivity contribution in [2.45, 2.75) is 6.54 Å². The van der Waals surface area contributed by atoms with Crippen LogP contribution in [0.4, 0.5) is 0 Å². The van der Waals surface area contributed by atoms with Gasteiger partial charge in [-0.1, -0.05) is 41.9 Å². The fourth-order valence-electron chi connectivity index (χ4n) is 2.54. The van der Waals surface area contributed by atoms with Gasteiger partial charge in [0.15, 0.2) is 0 Å². The van der Waals surface area contributed by atoms with E-state index in [1.807, 2.05) is 16.3 Å². The smallest absolute Gasteiger partial charge is 0.265 e. The molecule has 1 saturated heterocycles. The van der Waals surface area contributed by atoms with Crippen molar-refractivity contribution < 1.29 is 4.79 Å². The summed E-state index contributed by atoms with van der Waals surface area (Å²) in [5.41, 5.74) is 1.32. The zero-order chi connectivity index (χ0) is 14.7. The van der Waals surface area contributed by atoms with Gasteiger partial charge in [0.1, 0.15) is 4.88 Å². The van der Waals surface area contributed by atoms with Crippen LogP contribution in [0.2, 0.25) is 5.02 Å². The fourth-order valence-corrected chi connectivity index (χ4v) is 3.64. The van der Waals surface area contributed by atoms with Crippen LogP contribution < -0.4 is 0 Å². The number of hydrogen-bond donors (Lipinski definition) is 0. The van der Waals surface area contributed by atoms with Gasteiger partial charge in [-0.15, -0.1) is 11.3 Å². The van der Waals surface area contributed by atoms with Crippen molar-refractivity contribution in [1.29, 1.82) is 0 Å². The quantitative estimate of drug-likeness (QED) is 0.865. The summed E-state index contributed by atoms with van der Waals surface area (Å²) in [6, 6.07) is 12.2. The van der Waals surface area contributed by atoms with Crippen molar-refractivity contribution >= 4 is 28.8 Å². The van der Waals surface area contributed by atoms with E-state index in [-0.39, 0.29) is 5.91 Å². The van der Waals surface area contributed by atoms with Crippen molar-refractivity contribution in [3.8, 4) is 0 Å². The van der Waals surface area contributed by atoms with E-state index in [4.69, 9.17) is 11.6 Å². The van der Waals surface area contributed by atoms with Gasteiger partial charge in [0, 0.05) is 32.7 Å². The lowest BCUT2D eigenvalue weighted by atomic mass is 10.2. The van der Waals surface area contributed by atoms with Crippen LogP contribution in [0.5, 0.6) is 0 Å². The molecule has 110 valence electrons. The topological polar surface area (TPSA) is 23.6 Å². The number of rotatable bonds is 3. The average Bonchev–Trinajstić information content (AvgIpc) is 2.94. The van der Waals surface area contributed by atoms with E-state index < -0.39 is 0 Å². The highest BCUT2D eigenvalue weighted by Crippen LogP contribution is 2.24. The van der Waals surface area contributed by atoms with Crippen LogP contribution in [-0.2, 0) is 6.54 Å². The summed E-state index contributed by atoms with van der Waals surface area (Å²) in [7, 11) is 0. The van der Waals surface area contributed by atoms with Crippen LogP contribution in [0.3, 0.4) is 0 Å². The van der Waals surface area contributed by atoms with E-state index in [1.54, 1.807) is 6.07 Å². The number of thiophene rings is 1. The molecular weight excluding hydrogens is 304 g/mol. The Balaban J connectivity index is 1.56. The summed E-state index contributed by atoms with van der Waals surface area (Å²) >= 11 is 7.46. The Morgan fingerprint density at radius 2 is 1.81 bits per heavy atom. The predicted octanol–water partition coefficient (Wildman–Crippen LogP) is 3.36. The number of carbonyl (C=O) groups excluding carboxylic acids is 1. The van der Waals surface area contributed by atoms with Gasteiger partial charge in [0.05, 0.1) is 5.02 Å². The number of amides is 1. The molecule has 1 amide bonds. The third-order valence-corrected chi connectivity index (χ3v) is 5.05. The van der Waals surface area contributed by atoms with Gasteiger partial charge in [-0.2, -0.15) is 0 Å². The molecule has 0 atom stereocenters. The normalized spacial score (nSPS) is 16.1. The van der Waals surface area contributed by atoms with Gasteiger partial charge >= 0.3 is 0 Å². The maximum absolute atomic E-state index is 12.4. The second kappa shape index (κ2) is 6.60. The Hall–Kier alpha value is -1.36. The summed E-state index contributed by atoms with van der Waals surface area (Å²) in [6.07, 6.45) is 0. The minimum atomic E-state index is 0.0642. The number of piperazine rings is 1. The van der Waals surface area contributed by atoms with E-state index in [9.17, 15) is 4.79 Å². The summed E-state index contributed by atoms with van der Waals surface area (Å²) in [4.78, 5) is 17.3. The Morgan fingerprint density at radius 1 is 1.10 bits per heavy atom. The molecule has 1 aliphatic rings. The molecule has 3 rings (SSSR count). The van der Waals surface area contributed by atoms with Crippen molar-refractivity contribution in [1.82, 2.24) is 9.80 Å². The minimum absolute atomic E-state index is 0.0642. The Bertz CT molecular complexity index is 606. The highest BCUT2D eigenvalue weighted by molar-refractivity contribution is 7.12. The first-order valence-electron chi connectivity index (χ1n) is 7.02. The highest BCUT2D eigenvalue weighted by atomic mass is 35.5. The molecule has 0 unspecified atom stereocenters. The van der Waals surface area contributed by atoms with Crippen LogP contribution in [-0.4, -0.2) is 41.9 Å². The molecule has 0 saturated carbocycles. The summed E-state index contributed by atoms with van der Waals surface area (Å²) in [5, 5.41) is 2.43. The average molecular weight is 321 g/mol. The molecule has 1 aliphatic heterocycles. The first-order valence-corrected chi connectivity index (χ1v) is 8.28. The first-order chi connectivity index (χ1) is 10.2. The third-order valence-electron chi connectivity index (χ3n) is 3.72. The fraction of sp³-hybridized carbons (Fsp3) is 0.312. The molecule has 0 aliphatic carbocycles. The zero-order valence-corrected chi connectivity index (χ0v) is 13.2. The third kappa shape index (κ3) is 3.46. The van der Waals surface area contributed by atoms with Gasteiger partial charge in [-0.25, -0.2) is 0 Å². The van der Waals surface area contributed by atoms with Gasteiger partial charge in [0.2, 0.25) is 0 Å². The number of halogens is 1. The summed E-state index contributed by atoms with van der Waals surface area (Å²) < 4.78 is 0. The van der Waals surface area contributed by atoms with Crippen LogP contribution in [0.1, 0.15) is 15.2 Å². The molecule has 0 spiro atoms. The van der Waals surface area contributed by atoms with Crippen molar-refractivity contribution in [3.05, 3.63) is 57.2 Å². The number of benzene rings is 1. The Labute approximate surface area is 133 Å². The second-order valence-electron chi connectivity index (χ2n) is 5.15. The largest absolute Gasteiger partial charge is 0.335 e. The van der Waals surface area contributed by atoms with E-state index in [0.717, 1.165) is 32.7 Å². The van der Waals surface area contributed by atoms with E-state index in [1.165, 1.54) is 16.9 Å². The molecule has 2 aromatic rings. The second-order valence-corrected chi connectivity index (χ2v) is 6.47. The standard InChI is InChI=1S/C16H17ClN2OS/c17-14-6-11-21-15(14)16(20)19-9-7-18(8-10-19)12-13-4-2-1-3-5-13/h1-6,11H,7-10,12H2. The van der Waals surface area contributed by atoms with E-state index in [0.29, 0.717) is 9.90 Å². The van der Waals surface area contributed by atoms with Crippen molar-refractivity contribution in [2.75, 3.05) is 26.2 Å². The Morgan fingerprint density at radius 3 is 2.43 bits per heavy atom. The molecule has 5 heteroatoms. The van der Waals surface area contributed by atoms with Crippen molar-refractivity contribution in [2.24, 2.45) is 0 Å². The lowest BCUT2D eigenvalue weighted by Gasteiger charge is -2.34. The molecule has 21 heavy (non-hydrogen) atoms. The number of hydrogen-bond acceptors (Lipinski definition) is 3. The maximum atomic E-state index is 12.4. The molecule has 0 N–H and O–H groups in total.